The van der Waals surface area contributed by atoms with Crippen LogP contribution >= 0.6 is 0 Å². The summed E-state index contributed by atoms with van der Waals surface area (Å²) in [5.41, 5.74) is 2.66. The number of nitrogens with one attached hydrogen (secondary N) is 1. The van der Waals surface area contributed by atoms with E-state index in [1.807, 2.05) is 20.8 Å². The Balaban J connectivity index is 0.00000173. The van der Waals surface area contributed by atoms with Gasteiger partial charge in [-0.25, -0.2) is 0 Å². The highest BCUT2D eigenvalue weighted by Crippen LogP contribution is 2.70. The van der Waals surface area contributed by atoms with Crippen LogP contribution in [0.5, 0.6) is 0 Å². The van der Waals surface area contributed by atoms with Crippen LogP contribution in [-0.2, 0) is 0 Å². The van der Waals surface area contributed by atoms with Gasteiger partial charge in [0.05, 0.1) is 0 Å². The molecule has 0 spiro atoms. The number of rotatable bonds is 11. The largest absolute Gasteiger partial charge is 0.313 e. The summed E-state index contributed by atoms with van der Waals surface area (Å²) >= 11 is 0. The van der Waals surface area contributed by atoms with Crippen LogP contribution in [-0.4, -0.2) is 13.1 Å². The third-order valence-corrected chi connectivity index (χ3v) is 12.7. The van der Waals surface area contributed by atoms with Gasteiger partial charge in [0.1, 0.15) is 0 Å². The molecule has 45 heavy (non-hydrogen) atoms. The second-order valence-electron chi connectivity index (χ2n) is 15.6. The summed E-state index contributed by atoms with van der Waals surface area (Å²) in [6.07, 6.45) is 23.4. The third kappa shape index (κ3) is 11.7. The fraction of sp³-hybridized carbons (Fsp3) is 0.864. The first-order valence-electron chi connectivity index (χ1n) is 20.1. The van der Waals surface area contributed by atoms with Crippen molar-refractivity contribution >= 4 is 0 Å². The fourth-order valence-corrected chi connectivity index (χ4v) is 10.7. The van der Waals surface area contributed by atoms with E-state index in [4.69, 9.17) is 0 Å². The Morgan fingerprint density at radius 1 is 0.889 bits per heavy atom. The van der Waals surface area contributed by atoms with Gasteiger partial charge >= 0.3 is 0 Å². The van der Waals surface area contributed by atoms with Crippen molar-refractivity contribution < 1.29 is 0 Å². The molecule has 0 amide bonds. The van der Waals surface area contributed by atoms with Crippen LogP contribution in [0.4, 0.5) is 0 Å². The lowest BCUT2D eigenvalue weighted by molar-refractivity contribution is -0.148. The van der Waals surface area contributed by atoms with Crippen molar-refractivity contribution in [2.75, 3.05) is 13.1 Å². The van der Waals surface area contributed by atoms with Gasteiger partial charge in [-0.3, -0.25) is 0 Å². The van der Waals surface area contributed by atoms with Crippen molar-refractivity contribution in [3.63, 3.8) is 0 Å². The number of fused-ring (bicyclic) bond motifs is 5. The average molecular weight is 628 g/mol. The van der Waals surface area contributed by atoms with E-state index in [0.717, 1.165) is 60.4 Å². The highest BCUT2D eigenvalue weighted by molar-refractivity contribution is 5.11. The number of allylic oxidation sites excluding steroid dienone is 1. The van der Waals surface area contributed by atoms with Crippen molar-refractivity contribution in [1.29, 1.82) is 0 Å². The molecular weight excluding hydrogens is 542 g/mol. The molecule has 0 aromatic heterocycles. The van der Waals surface area contributed by atoms with Gasteiger partial charge < -0.3 is 5.32 Å². The minimum atomic E-state index is 0.595. The molecule has 1 heteroatoms. The number of hydrogen-bond acceptors (Lipinski definition) is 1. The highest BCUT2D eigenvalue weighted by Gasteiger charge is 2.62. The molecule has 1 nitrogen and oxygen atoms in total. The third-order valence-electron chi connectivity index (χ3n) is 12.7. The van der Waals surface area contributed by atoms with Crippen molar-refractivity contribution in [1.82, 2.24) is 5.32 Å². The summed E-state index contributed by atoms with van der Waals surface area (Å²) in [5.74, 6) is 7.89. The zero-order chi connectivity index (χ0) is 34.6. The van der Waals surface area contributed by atoms with Gasteiger partial charge in [0.15, 0.2) is 0 Å². The van der Waals surface area contributed by atoms with Crippen LogP contribution in [0.3, 0.4) is 0 Å². The average Bonchev–Trinajstić information content (AvgIpc) is 3.40. The van der Waals surface area contributed by atoms with Crippen LogP contribution in [0, 0.1) is 58.2 Å². The van der Waals surface area contributed by atoms with Crippen molar-refractivity contribution in [3.8, 4) is 0 Å². The van der Waals surface area contributed by atoms with Gasteiger partial charge in [0, 0.05) is 6.54 Å². The van der Waals surface area contributed by atoms with Crippen molar-refractivity contribution in [3.05, 3.63) is 38.0 Å². The first-order valence-corrected chi connectivity index (χ1v) is 20.1. The lowest BCUT2D eigenvalue weighted by atomic mass is 9.41. The van der Waals surface area contributed by atoms with E-state index in [0.29, 0.717) is 10.8 Å². The van der Waals surface area contributed by atoms with Gasteiger partial charge in [-0.05, 0) is 142 Å². The molecule has 10 unspecified atom stereocenters. The zero-order valence-corrected chi connectivity index (χ0v) is 33.0. The predicted octanol–water partition coefficient (Wildman–Crippen LogP) is 14.1. The minimum Gasteiger partial charge on any atom is -0.313 e. The van der Waals surface area contributed by atoms with E-state index < -0.39 is 0 Å². The lowest BCUT2D eigenvalue weighted by Gasteiger charge is -2.64. The quantitative estimate of drug-likeness (QED) is 0.177. The van der Waals surface area contributed by atoms with Crippen LogP contribution in [0.1, 0.15) is 172 Å². The zero-order valence-electron chi connectivity index (χ0n) is 33.0. The summed E-state index contributed by atoms with van der Waals surface area (Å²) in [6.45, 7) is 41.4. The summed E-state index contributed by atoms with van der Waals surface area (Å²) in [4.78, 5) is 0. The Hall–Kier alpha value is -0.820. The minimum absolute atomic E-state index is 0.595. The molecule has 4 fully saturated rings. The maximum absolute atomic E-state index is 4.40. The molecule has 1 N–H and O–H groups in total. The molecule has 0 radical (unpaired) electrons. The predicted molar refractivity (Wildman–Crippen MR) is 208 cm³/mol. The SMILES string of the molecule is C=C.C=C(CCC(C)C1CCC2C3C(CCC)CC4CC(CC)CCC4(C)C3CCC12C)CNCCC.C=CC.CC.CCC. The Morgan fingerprint density at radius 2 is 1.47 bits per heavy atom. The van der Waals surface area contributed by atoms with E-state index in [2.05, 4.69) is 87.0 Å². The molecule has 4 aliphatic carbocycles. The molecule has 266 valence electrons. The van der Waals surface area contributed by atoms with Gasteiger partial charge in [0.2, 0.25) is 0 Å². The topological polar surface area (TPSA) is 12.0 Å². The molecule has 0 bridgehead atoms. The fourth-order valence-electron chi connectivity index (χ4n) is 10.7. The molecule has 0 aromatic rings. The van der Waals surface area contributed by atoms with Crippen LogP contribution < -0.4 is 5.32 Å². The van der Waals surface area contributed by atoms with Crippen molar-refractivity contribution in [2.45, 2.75) is 172 Å². The summed E-state index contributed by atoms with van der Waals surface area (Å²) in [6, 6.07) is 0. The first kappa shape index (κ1) is 44.2. The molecule has 0 heterocycles. The van der Waals surface area contributed by atoms with Gasteiger partial charge in [-0.2, -0.15) is 0 Å². The van der Waals surface area contributed by atoms with Gasteiger partial charge in [-0.1, -0.05) is 113 Å². The molecule has 4 aliphatic rings. The van der Waals surface area contributed by atoms with E-state index in [-0.39, 0.29) is 0 Å². The van der Waals surface area contributed by atoms with Crippen LogP contribution in [0.25, 0.3) is 0 Å². The Morgan fingerprint density at radius 3 is 2.02 bits per heavy atom. The highest BCUT2D eigenvalue weighted by atomic mass is 14.8. The van der Waals surface area contributed by atoms with Crippen LogP contribution in [0.15, 0.2) is 38.0 Å². The summed E-state index contributed by atoms with van der Waals surface area (Å²) < 4.78 is 0. The standard InChI is InChI=1S/C34H61N.C3H8.C3H6.C2H6.C2H4/c1-8-11-27-22-28-21-26(10-3)16-18-33(28,6)31-17-19-34(7)29(14-15-30(34)32(27)31)25(5)13-12-24(4)23-35-20-9-2;2*1-3-2;2*1-2/h25-32,35H,4,8-23H2,1-3,5-7H3;3H2,1-2H3;3H,1H2,2H3;1-2H3;1-2H2. The molecule has 0 saturated heterocycles. The van der Waals surface area contributed by atoms with E-state index in [9.17, 15) is 0 Å². The van der Waals surface area contributed by atoms with E-state index in [1.54, 1.807) is 25.3 Å². The molecule has 4 saturated carbocycles. The lowest BCUT2D eigenvalue weighted by Crippen LogP contribution is -2.56. The summed E-state index contributed by atoms with van der Waals surface area (Å²) in [7, 11) is 0. The second-order valence-corrected chi connectivity index (χ2v) is 15.6. The Kier molecular flexibility index (Phi) is 23.1. The smallest absolute Gasteiger partial charge is 0.0161 e. The summed E-state index contributed by atoms with van der Waals surface area (Å²) in [5, 5.41) is 3.56. The molecule has 4 rings (SSSR count). The molecule has 10 atom stereocenters. The monoisotopic (exact) mass is 628 g/mol. The van der Waals surface area contributed by atoms with Gasteiger partial charge in [0.25, 0.3) is 0 Å². The van der Waals surface area contributed by atoms with E-state index >= 15 is 0 Å². The van der Waals surface area contributed by atoms with Crippen molar-refractivity contribution in [2.24, 2.45) is 58.2 Å². The second kappa shape index (κ2) is 23.5. The molecule has 0 aliphatic heterocycles. The molecular formula is C44H85N. The Labute approximate surface area is 286 Å². The first-order chi connectivity index (χ1) is 21.6. The molecule has 0 aromatic carbocycles. The van der Waals surface area contributed by atoms with Gasteiger partial charge in [-0.15, -0.1) is 19.7 Å². The van der Waals surface area contributed by atoms with Crippen LogP contribution in [0.2, 0.25) is 0 Å². The maximum Gasteiger partial charge on any atom is 0.0161 e. The Bertz CT molecular complexity index is 769. The maximum atomic E-state index is 4.40. The normalized spacial score (nSPS) is 35.0. The number of hydrogen-bond donors (Lipinski definition) is 1. The van der Waals surface area contributed by atoms with E-state index in [1.165, 1.54) is 82.6 Å².